The van der Waals surface area contributed by atoms with Gasteiger partial charge in [0.2, 0.25) is 6.79 Å². The van der Waals surface area contributed by atoms with Gasteiger partial charge in [0.1, 0.15) is 0 Å². The molecule has 0 spiro atoms. The van der Waals surface area contributed by atoms with Crippen molar-refractivity contribution < 1.29 is 9.47 Å². The number of hydrogen-bond donors (Lipinski definition) is 1. The molecule has 0 saturated heterocycles. The molecule has 3 rings (SSSR count). The van der Waals surface area contributed by atoms with Gasteiger partial charge >= 0.3 is 0 Å². The molecule has 1 aromatic carbocycles. The summed E-state index contributed by atoms with van der Waals surface area (Å²) in [6, 6.07) is 4.25. The predicted molar refractivity (Wildman–Crippen MR) is 73.8 cm³/mol. The predicted octanol–water partition coefficient (Wildman–Crippen LogP) is 2.15. The van der Waals surface area contributed by atoms with Crippen LogP contribution in [-0.2, 0) is 0 Å². The van der Waals surface area contributed by atoms with Crippen LogP contribution in [0.2, 0.25) is 5.02 Å². The van der Waals surface area contributed by atoms with Crippen LogP contribution in [0.15, 0.2) is 17.1 Å². The Morgan fingerprint density at radius 1 is 1.42 bits per heavy atom. The van der Waals surface area contributed by atoms with Gasteiger partial charge in [-0.05, 0) is 31.5 Å². The maximum absolute atomic E-state index is 6.22. The number of benzene rings is 1. The maximum atomic E-state index is 6.22. The first-order valence-corrected chi connectivity index (χ1v) is 6.63. The van der Waals surface area contributed by atoms with E-state index in [-0.39, 0.29) is 18.9 Å². The highest BCUT2D eigenvalue weighted by molar-refractivity contribution is 6.32. The first-order chi connectivity index (χ1) is 9.08. The number of hydrogen-bond acceptors (Lipinski definition) is 5. The van der Waals surface area contributed by atoms with Gasteiger partial charge in [-0.25, -0.2) is 0 Å². The van der Waals surface area contributed by atoms with Crippen LogP contribution in [0, 0.1) is 0 Å². The molecule has 0 amide bonds. The van der Waals surface area contributed by atoms with Gasteiger partial charge in [0, 0.05) is 6.04 Å². The van der Waals surface area contributed by atoms with Crippen molar-refractivity contribution in [3.8, 4) is 11.5 Å². The summed E-state index contributed by atoms with van der Waals surface area (Å²) < 4.78 is 10.7. The first kappa shape index (κ1) is 12.4. The number of rotatable bonds is 2. The SMILES string of the molecule is CC(C)N1C(N)=NC[C@H]1c1cc(Cl)c2c(c1)OCO2. The van der Waals surface area contributed by atoms with Crippen molar-refractivity contribution >= 4 is 17.6 Å². The van der Waals surface area contributed by atoms with Crippen LogP contribution in [0.5, 0.6) is 11.5 Å². The number of halogens is 1. The molecule has 0 aromatic heterocycles. The molecule has 2 aliphatic heterocycles. The topological polar surface area (TPSA) is 60.1 Å². The molecule has 2 heterocycles. The molecule has 102 valence electrons. The zero-order valence-electron chi connectivity index (χ0n) is 10.9. The first-order valence-electron chi connectivity index (χ1n) is 6.25. The molecule has 0 aliphatic carbocycles. The van der Waals surface area contributed by atoms with Crippen molar-refractivity contribution in [2.24, 2.45) is 10.7 Å². The molecule has 0 radical (unpaired) electrons. The average Bonchev–Trinajstić information content (AvgIpc) is 2.94. The van der Waals surface area contributed by atoms with Gasteiger partial charge in [-0.15, -0.1) is 0 Å². The molecule has 5 nitrogen and oxygen atoms in total. The van der Waals surface area contributed by atoms with E-state index in [2.05, 4.69) is 23.7 Å². The Morgan fingerprint density at radius 3 is 2.95 bits per heavy atom. The highest BCUT2D eigenvalue weighted by Gasteiger charge is 2.31. The van der Waals surface area contributed by atoms with Gasteiger partial charge in [0.25, 0.3) is 0 Å². The monoisotopic (exact) mass is 281 g/mol. The normalized spacial score (nSPS) is 21.2. The van der Waals surface area contributed by atoms with Crippen LogP contribution in [0.3, 0.4) is 0 Å². The van der Waals surface area contributed by atoms with Crippen molar-refractivity contribution in [1.29, 1.82) is 0 Å². The third-order valence-electron chi connectivity index (χ3n) is 3.42. The lowest BCUT2D eigenvalue weighted by Crippen LogP contribution is -2.40. The van der Waals surface area contributed by atoms with Gasteiger partial charge < -0.3 is 20.1 Å². The highest BCUT2D eigenvalue weighted by atomic mass is 35.5. The molecule has 6 heteroatoms. The van der Waals surface area contributed by atoms with Crippen molar-refractivity contribution in [1.82, 2.24) is 4.90 Å². The fourth-order valence-corrected chi connectivity index (χ4v) is 2.85. The Kier molecular flexibility index (Phi) is 2.93. The van der Waals surface area contributed by atoms with Crippen molar-refractivity contribution in [3.05, 3.63) is 22.7 Å². The fraction of sp³-hybridized carbons (Fsp3) is 0.462. The quantitative estimate of drug-likeness (QED) is 0.902. The lowest BCUT2D eigenvalue weighted by atomic mass is 10.0. The molecule has 0 bridgehead atoms. The van der Waals surface area contributed by atoms with E-state index < -0.39 is 0 Å². The summed E-state index contributed by atoms with van der Waals surface area (Å²) in [5.74, 6) is 1.89. The summed E-state index contributed by atoms with van der Waals surface area (Å²) in [5.41, 5.74) is 6.99. The summed E-state index contributed by atoms with van der Waals surface area (Å²) in [4.78, 5) is 6.42. The van der Waals surface area contributed by atoms with E-state index in [0.29, 0.717) is 29.0 Å². The third-order valence-corrected chi connectivity index (χ3v) is 3.70. The minimum Gasteiger partial charge on any atom is -0.454 e. The Morgan fingerprint density at radius 2 is 2.21 bits per heavy atom. The Hall–Kier alpha value is -1.62. The Labute approximate surface area is 116 Å². The second-order valence-corrected chi connectivity index (χ2v) is 5.36. The van der Waals surface area contributed by atoms with Crippen molar-refractivity contribution in [2.45, 2.75) is 25.9 Å². The highest BCUT2D eigenvalue weighted by Crippen LogP contribution is 2.42. The zero-order valence-corrected chi connectivity index (χ0v) is 11.6. The summed E-state index contributed by atoms with van der Waals surface area (Å²) >= 11 is 6.22. The van der Waals surface area contributed by atoms with Crippen molar-refractivity contribution in [2.75, 3.05) is 13.3 Å². The summed E-state index contributed by atoms with van der Waals surface area (Å²) in [6.45, 7) is 5.04. The van der Waals surface area contributed by atoms with Crippen LogP contribution < -0.4 is 15.2 Å². The van der Waals surface area contributed by atoms with E-state index in [9.17, 15) is 0 Å². The molecule has 0 fully saturated rings. The van der Waals surface area contributed by atoms with E-state index in [1.165, 1.54) is 0 Å². The molecule has 1 atom stereocenters. The second kappa shape index (κ2) is 4.49. The molecule has 0 unspecified atom stereocenters. The minimum atomic E-state index is 0.104. The van der Waals surface area contributed by atoms with Crippen LogP contribution in [0.4, 0.5) is 0 Å². The van der Waals surface area contributed by atoms with E-state index in [1.807, 2.05) is 12.1 Å². The van der Waals surface area contributed by atoms with Gasteiger partial charge in [-0.3, -0.25) is 4.99 Å². The second-order valence-electron chi connectivity index (χ2n) is 4.95. The summed E-state index contributed by atoms with van der Waals surface area (Å²) in [6.07, 6.45) is 0. The van der Waals surface area contributed by atoms with Gasteiger partial charge in [0.05, 0.1) is 17.6 Å². The van der Waals surface area contributed by atoms with E-state index >= 15 is 0 Å². The molecule has 2 aliphatic rings. The third kappa shape index (κ3) is 1.98. The summed E-state index contributed by atoms with van der Waals surface area (Å²) in [5, 5.41) is 0.569. The van der Waals surface area contributed by atoms with Gasteiger partial charge in [-0.2, -0.15) is 0 Å². The maximum Gasteiger partial charge on any atom is 0.231 e. The molecular formula is C13H16ClN3O2. The number of nitrogens with two attached hydrogens (primary N) is 1. The van der Waals surface area contributed by atoms with Crippen LogP contribution >= 0.6 is 11.6 Å². The average molecular weight is 282 g/mol. The van der Waals surface area contributed by atoms with Gasteiger partial charge in [0.15, 0.2) is 17.5 Å². The van der Waals surface area contributed by atoms with Crippen LogP contribution in [-0.4, -0.2) is 30.2 Å². The number of nitrogens with zero attached hydrogens (tertiary/aromatic N) is 2. The number of fused-ring (bicyclic) bond motifs is 1. The van der Waals surface area contributed by atoms with E-state index in [1.54, 1.807) is 0 Å². The largest absolute Gasteiger partial charge is 0.454 e. The molecule has 1 aromatic rings. The van der Waals surface area contributed by atoms with E-state index in [4.69, 9.17) is 26.8 Å². The lowest BCUT2D eigenvalue weighted by molar-refractivity contribution is 0.174. The van der Waals surface area contributed by atoms with Crippen molar-refractivity contribution in [3.63, 3.8) is 0 Å². The van der Waals surface area contributed by atoms with Crippen LogP contribution in [0.1, 0.15) is 25.5 Å². The smallest absolute Gasteiger partial charge is 0.231 e. The van der Waals surface area contributed by atoms with Crippen LogP contribution in [0.25, 0.3) is 0 Å². The Balaban J connectivity index is 1.97. The fourth-order valence-electron chi connectivity index (χ4n) is 2.58. The molecule has 0 saturated carbocycles. The molecular weight excluding hydrogens is 266 g/mol. The van der Waals surface area contributed by atoms with E-state index in [0.717, 1.165) is 5.56 Å². The lowest BCUT2D eigenvalue weighted by Gasteiger charge is -2.30. The minimum absolute atomic E-state index is 0.104. The summed E-state index contributed by atoms with van der Waals surface area (Å²) in [7, 11) is 0. The Bertz CT molecular complexity index is 545. The number of guanidine groups is 1. The molecule has 19 heavy (non-hydrogen) atoms. The number of ether oxygens (including phenoxy) is 2. The van der Waals surface area contributed by atoms with Gasteiger partial charge in [-0.1, -0.05) is 11.6 Å². The number of aliphatic imine (C=N–C) groups is 1. The molecule has 2 N–H and O–H groups in total. The standard InChI is InChI=1S/C13H16ClN3O2/c1-7(2)17-10(5-16-13(17)15)8-3-9(14)12-11(4-8)18-6-19-12/h3-4,7,10H,5-6H2,1-2H3,(H2,15,16)/t10-/m0/s1. The zero-order chi connectivity index (χ0) is 13.6.